The number of aryl methyl sites for hydroxylation is 1. The van der Waals surface area contributed by atoms with Gasteiger partial charge in [-0.25, -0.2) is 0 Å². The van der Waals surface area contributed by atoms with Crippen molar-refractivity contribution in [3.8, 4) is 0 Å². The molecule has 18 heavy (non-hydrogen) atoms. The van der Waals surface area contributed by atoms with Crippen LogP contribution in [0.3, 0.4) is 0 Å². The molecule has 1 aromatic heterocycles. The molecular formula is C10H12BrF3N2O2. The molecule has 102 valence electrons. The molecule has 1 aromatic rings. The van der Waals surface area contributed by atoms with Crippen molar-refractivity contribution < 1.29 is 23.1 Å². The van der Waals surface area contributed by atoms with Gasteiger partial charge in [-0.3, -0.25) is 4.79 Å². The molecule has 1 unspecified atom stereocenters. The molecule has 0 aromatic carbocycles. The molecule has 1 atom stereocenters. The van der Waals surface area contributed by atoms with Gasteiger partial charge in [-0.05, 0) is 28.9 Å². The van der Waals surface area contributed by atoms with Crippen molar-refractivity contribution in [1.29, 1.82) is 0 Å². The molecular weight excluding hydrogens is 317 g/mol. The van der Waals surface area contributed by atoms with Crippen LogP contribution in [-0.4, -0.2) is 34.4 Å². The number of aliphatic hydroxyl groups is 1. The van der Waals surface area contributed by atoms with E-state index in [4.69, 9.17) is 5.11 Å². The molecule has 8 heteroatoms. The molecule has 0 aliphatic carbocycles. The third kappa shape index (κ3) is 3.74. The quantitative estimate of drug-likeness (QED) is 0.887. The van der Waals surface area contributed by atoms with E-state index < -0.39 is 24.7 Å². The Balaban J connectivity index is 2.66. The topological polar surface area (TPSA) is 54.3 Å². The van der Waals surface area contributed by atoms with E-state index in [1.54, 1.807) is 17.7 Å². The summed E-state index contributed by atoms with van der Waals surface area (Å²) in [5.41, 5.74) is 0.235. The monoisotopic (exact) mass is 328 g/mol. The third-order valence-electron chi connectivity index (χ3n) is 2.27. The first-order valence-electron chi connectivity index (χ1n) is 5.14. The summed E-state index contributed by atoms with van der Waals surface area (Å²) in [6, 6.07) is 1.50. The Morgan fingerprint density at radius 3 is 2.72 bits per heavy atom. The summed E-state index contributed by atoms with van der Waals surface area (Å²) in [5.74, 6) is -0.661. The van der Waals surface area contributed by atoms with Crippen molar-refractivity contribution in [2.45, 2.75) is 25.7 Å². The minimum atomic E-state index is -4.74. The predicted octanol–water partition coefficient (Wildman–Crippen LogP) is 1.92. The van der Waals surface area contributed by atoms with Crippen LogP contribution in [0.1, 0.15) is 17.4 Å². The normalized spacial score (nSPS) is 13.4. The highest BCUT2D eigenvalue weighted by Gasteiger charge is 2.38. The molecule has 2 N–H and O–H groups in total. The molecule has 0 aliphatic heterocycles. The lowest BCUT2D eigenvalue weighted by atomic mass is 10.3. The molecule has 0 bridgehead atoms. The van der Waals surface area contributed by atoms with Crippen LogP contribution in [-0.2, 0) is 6.54 Å². The number of nitrogens with zero attached hydrogens (tertiary/aromatic N) is 1. The summed E-state index contributed by atoms with van der Waals surface area (Å²) in [4.78, 5) is 11.6. The number of alkyl halides is 3. The van der Waals surface area contributed by atoms with Gasteiger partial charge in [0.1, 0.15) is 5.69 Å². The number of aliphatic hydroxyl groups excluding tert-OH is 1. The largest absolute Gasteiger partial charge is 0.416 e. The molecule has 0 spiro atoms. The molecule has 1 amide bonds. The minimum Gasteiger partial charge on any atom is -0.382 e. The van der Waals surface area contributed by atoms with Crippen molar-refractivity contribution in [3.63, 3.8) is 0 Å². The van der Waals surface area contributed by atoms with Gasteiger partial charge >= 0.3 is 6.18 Å². The van der Waals surface area contributed by atoms with Crippen LogP contribution >= 0.6 is 15.9 Å². The first-order valence-corrected chi connectivity index (χ1v) is 5.93. The maximum Gasteiger partial charge on any atom is 0.416 e. The molecule has 1 rings (SSSR count). The fraction of sp³-hybridized carbons (Fsp3) is 0.500. The number of carbonyl (C=O) groups excluding carboxylic acids is 1. The van der Waals surface area contributed by atoms with Gasteiger partial charge in [-0.15, -0.1) is 0 Å². The molecule has 4 nitrogen and oxygen atoms in total. The first kappa shape index (κ1) is 15.0. The van der Waals surface area contributed by atoms with Crippen molar-refractivity contribution in [2.24, 2.45) is 0 Å². The number of aromatic nitrogens is 1. The van der Waals surface area contributed by atoms with Gasteiger partial charge in [0.15, 0.2) is 6.10 Å². The average Bonchev–Trinajstić information content (AvgIpc) is 2.65. The Hall–Kier alpha value is -1.02. The van der Waals surface area contributed by atoms with Crippen molar-refractivity contribution in [3.05, 3.63) is 22.4 Å². The lowest BCUT2D eigenvalue weighted by molar-refractivity contribution is -0.201. The minimum absolute atomic E-state index is 0.235. The highest BCUT2D eigenvalue weighted by atomic mass is 79.9. The van der Waals surface area contributed by atoms with E-state index in [-0.39, 0.29) is 5.69 Å². The summed E-state index contributed by atoms with van der Waals surface area (Å²) >= 11 is 3.17. The fourth-order valence-corrected chi connectivity index (χ4v) is 1.79. The average molecular weight is 329 g/mol. The smallest absolute Gasteiger partial charge is 0.382 e. The number of amides is 1. The van der Waals surface area contributed by atoms with E-state index in [9.17, 15) is 18.0 Å². The summed E-state index contributed by atoms with van der Waals surface area (Å²) < 4.78 is 38.4. The number of hydrogen-bond acceptors (Lipinski definition) is 2. The fourth-order valence-electron chi connectivity index (χ4n) is 1.32. The van der Waals surface area contributed by atoms with Crippen LogP contribution in [0, 0.1) is 0 Å². The molecule has 0 saturated carbocycles. The highest BCUT2D eigenvalue weighted by molar-refractivity contribution is 9.10. The zero-order valence-electron chi connectivity index (χ0n) is 9.46. The SMILES string of the molecule is CCn1cc(Br)cc1C(=O)NCC(O)C(F)(F)F. The highest BCUT2D eigenvalue weighted by Crippen LogP contribution is 2.19. The Kier molecular flexibility index (Phi) is 4.80. The maximum atomic E-state index is 12.0. The Labute approximate surface area is 110 Å². The molecule has 1 heterocycles. The van der Waals surface area contributed by atoms with Gasteiger partial charge in [0, 0.05) is 17.2 Å². The van der Waals surface area contributed by atoms with Gasteiger partial charge in [0.05, 0.1) is 6.54 Å². The molecule has 0 aliphatic rings. The van der Waals surface area contributed by atoms with Crippen molar-refractivity contribution in [2.75, 3.05) is 6.54 Å². The van der Waals surface area contributed by atoms with Crippen molar-refractivity contribution >= 4 is 21.8 Å². The number of nitrogens with one attached hydrogen (secondary N) is 1. The van der Waals surface area contributed by atoms with E-state index in [0.29, 0.717) is 11.0 Å². The molecule has 0 fully saturated rings. The molecule has 0 radical (unpaired) electrons. The van der Waals surface area contributed by atoms with Crippen LogP contribution < -0.4 is 5.32 Å². The lowest BCUT2D eigenvalue weighted by Gasteiger charge is -2.15. The van der Waals surface area contributed by atoms with Crippen LogP contribution in [0.2, 0.25) is 0 Å². The van der Waals surface area contributed by atoms with Crippen LogP contribution in [0.25, 0.3) is 0 Å². The van der Waals surface area contributed by atoms with Gasteiger partial charge in [-0.2, -0.15) is 13.2 Å². The van der Waals surface area contributed by atoms with Crippen LogP contribution in [0.5, 0.6) is 0 Å². The summed E-state index contributed by atoms with van der Waals surface area (Å²) in [5, 5.41) is 10.8. The summed E-state index contributed by atoms with van der Waals surface area (Å²) in [6.07, 6.45) is -5.65. The van der Waals surface area contributed by atoms with E-state index in [2.05, 4.69) is 15.9 Å². The summed E-state index contributed by atoms with van der Waals surface area (Å²) in [6.45, 7) is 1.44. The lowest BCUT2D eigenvalue weighted by Crippen LogP contribution is -2.41. The Bertz CT molecular complexity index is 431. The standard InChI is InChI=1S/C10H12BrF3N2O2/c1-2-16-5-6(11)3-7(16)9(18)15-4-8(17)10(12,13)14/h3,5,8,17H,2,4H2,1H3,(H,15,18). The van der Waals surface area contributed by atoms with Gasteiger partial charge in [0.25, 0.3) is 5.91 Å². The number of carbonyl (C=O) groups is 1. The van der Waals surface area contributed by atoms with E-state index in [1.807, 2.05) is 5.32 Å². The van der Waals surface area contributed by atoms with E-state index in [0.717, 1.165) is 0 Å². The zero-order chi connectivity index (χ0) is 13.9. The second kappa shape index (κ2) is 5.75. The number of rotatable bonds is 4. The van der Waals surface area contributed by atoms with E-state index in [1.165, 1.54) is 6.07 Å². The predicted molar refractivity (Wildman–Crippen MR) is 62.2 cm³/mol. The van der Waals surface area contributed by atoms with Crippen molar-refractivity contribution in [1.82, 2.24) is 9.88 Å². The van der Waals surface area contributed by atoms with Gasteiger partial charge in [-0.1, -0.05) is 0 Å². The Morgan fingerprint density at radius 2 is 2.22 bits per heavy atom. The first-order chi connectivity index (χ1) is 8.25. The van der Waals surface area contributed by atoms with Gasteiger partial charge in [0.2, 0.25) is 0 Å². The third-order valence-corrected chi connectivity index (χ3v) is 2.70. The number of halogens is 4. The van der Waals surface area contributed by atoms with Gasteiger partial charge < -0.3 is 15.0 Å². The van der Waals surface area contributed by atoms with Crippen LogP contribution in [0.15, 0.2) is 16.7 Å². The zero-order valence-corrected chi connectivity index (χ0v) is 11.0. The number of hydrogen-bond donors (Lipinski definition) is 2. The maximum absolute atomic E-state index is 12.0. The summed E-state index contributed by atoms with van der Waals surface area (Å²) in [7, 11) is 0. The Morgan fingerprint density at radius 1 is 1.61 bits per heavy atom. The second-order valence-corrected chi connectivity index (χ2v) is 4.51. The van der Waals surface area contributed by atoms with Crippen LogP contribution in [0.4, 0.5) is 13.2 Å². The molecule has 0 saturated heterocycles. The van der Waals surface area contributed by atoms with E-state index >= 15 is 0 Å². The second-order valence-electron chi connectivity index (χ2n) is 3.60.